The Morgan fingerprint density at radius 3 is 1.55 bits per heavy atom. The summed E-state index contributed by atoms with van der Waals surface area (Å²) < 4.78 is 124. The standard InChI is InChI=1S/2C21H19ClF2O5S/c1-28-19-9-10-21(12-16(19)20(25)29-2,17-11-14(23)5-8-18(17)24)30(26,27)15-6-3-13(22)4-7-15;1-20(19(26)29-2)12-21(10-9-18(20)25,16-11-14(23)5-8-17(16)24)30(27,28)15-6-3-13(22)4-7-15/h2*3-8,11H,9-10,12H2,1-2H3. The summed E-state index contributed by atoms with van der Waals surface area (Å²) in [6.45, 7) is 1.27. The fourth-order valence-corrected chi connectivity index (χ4v) is 12.4. The largest absolute Gasteiger partial charge is 0.501 e. The number of Topliss-reactive ketones (excluding diaryl/α,β-unsaturated/α-hetero) is 1. The van der Waals surface area contributed by atoms with E-state index in [4.69, 9.17) is 37.4 Å². The lowest BCUT2D eigenvalue weighted by molar-refractivity contribution is -0.159. The van der Waals surface area contributed by atoms with Crippen LogP contribution in [0.3, 0.4) is 0 Å². The minimum atomic E-state index is -4.39. The van der Waals surface area contributed by atoms with Crippen molar-refractivity contribution >= 4 is 60.6 Å². The maximum Gasteiger partial charge on any atom is 0.337 e. The number of ether oxygens (including phenoxy) is 3. The summed E-state index contributed by atoms with van der Waals surface area (Å²) in [7, 11) is -5.12. The molecule has 0 heterocycles. The summed E-state index contributed by atoms with van der Waals surface area (Å²) in [6.07, 6.45) is -1.77. The van der Waals surface area contributed by atoms with E-state index >= 15 is 0 Å². The van der Waals surface area contributed by atoms with Crippen molar-refractivity contribution in [2.45, 2.75) is 64.7 Å². The van der Waals surface area contributed by atoms with Crippen molar-refractivity contribution in [3.8, 4) is 0 Å². The summed E-state index contributed by atoms with van der Waals surface area (Å²) in [4.78, 5) is 37.1. The molecule has 320 valence electrons. The van der Waals surface area contributed by atoms with Gasteiger partial charge in [0.2, 0.25) is 0 Å². The van der Waals surface area contributed by atoms with Crippen molar-refractivity contribution in [2.24, 2.45) is 5.41 Å². The zero-order valence-corrected chi connectivity index (χ0v) is 35.6. The quantitative estimate of drug-likeness (QED) is 0.0907. The molecule has 1 fully saturated rings. The summed E-state index contributed by atoms with van der Waals surface area (Å²) in [6, 6.07) is 15.7. The molecule has 0 amide bonds. The molecular weight excluding hydrogens is 875 g/mol. The van der Waals surface area contributed by atoms with Gasteiger partial charge in [0.15, 0.2) is 19.7 Å². The number of carbonyl (C=O) groups is 3. The second-order valence-corrected chi connectivity index (χ2v) is 19.7. The van der Waals surface area contributed by atoms with Gasteiger partial charge in [-0.3, -0.25) is 9.59 Å². The number of benzene rings is 4. The van der Waals surface area contributed by atoms with E-state index in [1.165, 1.54) is 62.6 Å². The highest BCUT2D eigenvalue weighted by Crippen LogP contribution is 2.53. The van der Waals surface area contributed by atoms with Gasteiger partial charge >= 0.3 is 11.9 Å². The maximum absolute atomic E-state index is 14.9. The van der Waals surface area contributed by atoms with Crippen LogP contribution in [0.4, 0.5) is 17.6 Å². The number of hydrogen-bond donors (Lipinski definition) is 0. The van der Waals surface area contributed by atoms with Crippen LogP contribution in [-0.2, 0) is 57.8 Å². The van der Waals surface area contributed by atoms with Gasteiger partial charge in [-0.15, -0.1) is 0 Å². The molecule has 2 aliphatic rings. The van der Waals surface area contributed by atoms with Crippen molar-refractivity contribution in [3.63, 3.8) is 0 Å². The van der Waals surface area contributed by atoms with Gasteiger partial charge in [0, 0.05) is 40.4 Å². The summed E-state index contributed by atoms with van der Waals surface area (Å²) >= 11 is 11.7. The van der Waals surface area contributed by atoms with E-state index in [0.29, 0.717) is 5.02 Å². The second kappa shape index (κ2) is 17.7. The molecule has 0 saturated heterocycles. The molecule has 0 bridgehead atoms. The van der Waals surface area contributed by atoms with Crippen LogP contribution in [0, 0.1) is 28.7 Å². The second-order valence-electron chi connectivity index (χ2n) is 14.3. The predicted octanol–water partition coefficient (Wildman–Crippen LogP) is 8.76. The Morgan fingerprint density at radius 1 is 0.650 bits per heavy atom. The summed E-state index contributed by atoms with van der Waals surface area (Å²) in [5.41, 5.74) is -2.66. The Balaban J connectivity index is 0.000000228. The molecule has 0 spiro atoms. The SMILES string of the molecule is COC(=O)C1(C)CC(c2cc(F)ccc2F)(S(=O)(=O)c2ccc(Cl)cc2)CCC1=O.COC(=O)C1=C(OC)CCC(c2cc(F)ccc2F)(S(=O)(=O)c2ccc(Cl)cc2)C1. The molecule has 2 aliphatic carbocycles. The third kappa shape index (κ3) is 8.30. The number of esters is 2. The number of rotatable bonds is 9. The Kier molecular flexibility index (Phi) is 13.6. The zero-order chi connectivity index (χ0) is 44.4. The Morgan fingerprint density at radius 2 is 1.10 bits per heavy atom. The smallest absolute Gasteiger partial charge is 0.337 e. The van der Waals surface area contributed by atoms with Crippen LogP contribution < -0.4 is 0 Å². The fraction of sp³-hybridized carbons (Fsp3) is 0.310. The van der Waals surface area contributed by atoms with Crippen molar-refractivity contribution in [1.29, 1.82) is 0 Å². The van der Waals surface area contributed by atoms with E-state index < -0.39 is 94.0 Å². The first-order chi connectivity index (χ1) is 28.1. The molecule has 0 radical (unpaired) electrons. The third-order valence-corrected chi connectivity index (χ3v) is 16.5. The highest BCUT2D eigenvalue weighted by molar-refractivity contribution is 7.92. The van der Waals surface area contributed by atoms with Crippen molar-refractivity contribution in [3.05, 3.63) is 141 Å². The molecule has 4 aromatic rings. The van der Waals surface area contributed by atoms with Gasteiger partial charge in [-0.05, 0) is 111 Å². The van der Waals surface area contributed by atoms with Crippen molar-refractivity contribution < 1.29 is 63.0 Å². The molecule has 60 heavy (non-hydrogen) atoms. The number of sulfone groups is 2. The lowest BCUT2D eigenvalue weighted by Crippen LogP contribution is -2.52. The Labute approximate surface area is 354 Å². The minimum absolute atomic E-state index is 0.0176. The minimum Gasteiger partial charge on any atom is -0.501 e. The summed E-state index contributed by atoms with van der Waals surface area (Å²) in [5, 5.41) is 0.610. The van der Waals surface area contributed by atoms with E-state index in [9.17, 15) is 48.8 Å². The third-order valence-electron chi connectivity index (χ3n) is 11.0. The van der Waals surface area contributed by atoms with Crippen LogP contribution in [0.5, 0.6) is 0 Å². The number of carbonyl (C=O) groups excluding carboxylic acids is 3. The van der Waals surface area contributed by atoms with Crippen molar-refractivity contribution in [1.82, 2.24) is 0 Å². The number of halogens is 6. The van der Waals surface area contributed by atoms with Crippen LogP contribution in [-0.4, -0.2) is 55.9 Å². The van der Waals surface area contributed by atoms with Crippen LogP contribution in [0.2, 0.25) is 10.0 Å². The number of hydrogen-bond acceptors (Lipinski definition) is 10. The van der Waals surface area contributed by atoms with Crippen LogP contribution in [0.1, 0.15) is 56.6 Å². The monoisotopic (exact) mass is 912 g/mol. The fourth-order valence-electron chi connectivity index (χ4n) is 7.81. The van der Waals surface area contributed by atoms with E-state index in [-0.39, 0.29) is 57.4 Å². The van der Waals surface area contributed by atoms with Gasteiger partial charge in [-0.1, -0.05) is 23.2 Å². The maximum atomic E-state index is 14.9. The van der Waals surface area contributed by atoms with Crippen LogP contribution >= 0.6 is 23.2 Å². The van der Waals surface area contributed by atoms with E-state index in [1.54, 1.807) is 0 Å². The normalized spacial score (nSPS) is 22.0. The Bertz CT molecular complexity index is 2580. The molecule has 10 nitrogen and oxygen atoms in total. The molecule has 18 heteroatoms. The van der Waals surface area contributed by atoms with E-state index in [2.05, 4.69) is 0 Å². The molecule has 0 N–H and O–H groups in total. The average molecular weight is 914 g/mol. The van der Waals surface area contributed by atoms with Gasteiger partial charge in [-0.2, -0.15) is 0 Å². The van der Waals surface area contributed by atoms with Gasteiger partial charge in [0.25, 0.3) is 0 Å². The number of ketones is 1. The van der Waals surface area contributed by atoms with Crippen LogP contribution in [0.15, 0.2) is 106 Å². The first kappa shape index (κ1) is 46.3. The molecule has 0 aliphatic heterocycles. The van der Waals surface area contributed by atoms with Gasteiger partial charge in [-0.25, -0.2) is 39.2 Å². The highest BCUT2D eigenvalue weighted by Gasteiger charge is 2.60. The van der Waals surface area contributed by atoms with Crippen LogP contribution in [0.25, 0.3) is 0 Å². The van der Waals surface area contributed by atoms with Crippen molar-refractivity contribution in [2.75, 3.05) is 21.3 Å². The molecule has 1 saturated carbocycles. The van der Waals surface area contributed by atoms with Gasteiger partial charge in [0.05, 0.1) is 36.7 Å². The van der Waals surface area contributed by atoms with Gasteiger partial charge in [0.1, 0.15) is 49.7 Å². The topological polar surface area (TPSA) is 147 Å². The van der Waals surface area contributed by atoms with E-state index in [0.717, 1.165) is 50.6 Å². The first-order valence-corrected chi connectivity index (χ1v) is 21.7. The summed E-state index contributed by atoms with van der Waals surface area (Å²) in [5.74, 6) is -5.46. The number of allylic oxidation sites excluding steroid dienone is 1. The lowest BCUT2D eigenvalue weighted by Gasteiger charge is -2.43. The first-order valence-electron chi connectivity index (χ1n) is 18.0. The molecule has 6 rings (SSSR count). The Hall–Kier alpha value is -4.77. The zero-order valence-electron chi connectivity index (χ0n) is 32.5. The molecule has 3 atom stereocenters. The number of methoxy groups -OCH3 is 3. The van der Waals surface area contributed by atoms with Gasteiger partial charge < -0.3 is 14.2 Å². The lowest BCUT2D eigenvalue weighted by atomic mass is 9.67. The molecule has 0 aromatic heterocycles. The molecule has 3 unspecified atom stereocenters. The predicted molar refractivity (Wildman–Crippen MR) is 212 cm³/mol. The van der Waals surface area contributed by atoms with E-state index in [1.807, 2.05) is 0 Å². The molecular formula is C42H38Cl2F4O10S2. The highest BCUT2D eigenvalue weighted by atomic mass is 35.5. The molecule has 4 aromatic carbocycles. The average Bonchev–Trinajstić information content (AvgIpc) is 3.23.